The van der Waals surface area contributed by atoms with Crippen molar-refractivity contribution >= 4 is 28.3 Å². The second-order valence-corrected chi connectivity index (χ2v) is 7.32. The number of aromatic nitrogens is 2. The summed E-state index contributed by atoms with van der Waals surface area (Å²) in [5.74, 6) is -0.661. The van der Waals surface area contributed by atoms with E-state index in [1.165, 1.54) is 17.6 Å². The van der Waals surface area contributed by atoms with Crippen molar-refractivity contribution in [1.82, 2.24) is 15.3 Å². The number of carbonyl (C=O) groups excluding carboxylic acids is 2. The Labute approximate surface area is 176 Å². The lowest BCUT2D eigenvalue weighted by molar-refractivity contribution is -0.118. The second kappa shape index (κ2) is 9.15. The quantitative estimate of drug-likeness (QED) is 0.476. The van der Waals surface area contributed by atoms with Crippen molar-refractivity contribution in [3.63, 3.8) is 0 Å². The number of nitrogens with one attached hydrogen (secondary N) is 2. The lowest BCUT2D eigenvalue weighted by Gasteiger charge is -2.17. The fourth-order valence-corrected chi connectivity index (χ4v) is 3.59. The third-order valence-corrected chi connectivity index (χ3v) is 5.10. The maximum atomic E-state index is 13.0. The highest BCUT2D eigenvalue weighted by Crippen LogP contribution is 2.24. The van der Waals surface area contributed by atoms with Gasteiger partial charge in [0, 0.05) is 29.8 Å². The fraction of sp³-hybridized carbons (Fsp3) is 0.0909. The zero-order valence-electron chi connectivity index (χ0n) is 15.8. The van der Waals surface area contributed by atoms with E-state index in [9.17, 15) is 9.59 Å². The first-order valence-corrected chi connectivity index (χ1v) is 10.1. The minimum absolute atomic E-state index is 0.147. The summed E-state index contributed by atoms with van der Waals surface area (Å²) in [6.45, 7) is 0. The number of thiazole rings is 1. The van der Waals surface area contributed by atoms with Crippen LogP contribution in [0.4, 0.5) is 5.13 Å². The Morgan fingerprint density at radius 1 is 1.07 bits per heavy atom. The van der Waals surface area contributed by atoms with Gasteiger partial charge in [-0.1, -0.05) is 30.3 Å². The minimum Gasteiger partial charge on any atom is -0.459 e. The third-order valence-electron chi connectivity index (χ3n) is 4.34. The molecule has 3 heterocycles. The molecular weight excluding hydrogens is 400 g/mol. The van der Waals surface area contributed by atoms with Gasteiger partial charge in [-0.3, -0.25) is 14.6 Å². The van der Waals surface area contributed by atoms with Crippen LogP contribution in [-0.2, 0) is 11.2 Å². The van der Waals surface area contributed by atoms with Gasteiger partial charge in [-0.2, -0.15) is 0 Å². The van der Waals surface area contributed by atoms with E-state index < -0.39 is 11.9 Å². The van der Waals surface area contributed by atoms with Crippen molar-refractivity contribution in [1.29, 1.82) is 0 Å². The molecule has 0 unspecified atom stereocenters. The van der Waals surface area contributed by atoms with Crippen molar-refractivity contribution in [3.05, 3.63) is 90.0 Å². The summed E-state index contributed by atoms with van der Waals surface area (Å²) in [6.07, 6.45) is 5.15. The largest absolute Gasteiger partial charge is 0.459 e. The Morgan fingerprint density at radius 3 is 2.67 bits per heavy atom. The van der Waals surface area contributed by atoms with E-state index in [2.05, 4.69) is 20.6 Å². The summed E-state index contributed by atoms with van der Waals surface area (Å²) in [5.41, 5.74) is 2.51. The lowest BCUT2D eigenvalue weighted by atomic mass is 10.1. The molecular formula is C22H18N4O3S. The Bertz CT molecular complexity index is 1110. The van der Waals surface area contributed by atoms with Crippen LogP contribution < -0.4 is 10.6 Å². The van der Waals surface area contributed by atoms with Gasteiger partial charge >= 0.3 is 0 Å². The molecule has 8 heteroatoms. The number of hydrogen-bond donors (Lipinski definition) is 2. The molecule has 150 valence electrons. The van der Waals surface area contributed by atoms with Crippen LogP contribution in [0.3, 0.4) is 0 Å². The zero-order chi connectivity index (χ0) is 20.8. The molecule has 0 spiro atoms. The topological polar surface area (TPSA) is 97.1 Å². The summed E-state index contributed by atoms with van der Waals surface area (Å²) < 4.78 is 5.14. The van der Waals surface area contributed by atoms with Crippen LogP contribution in [0, 0.1) is 0 Å². The second-order valence-electron chi connectivity index (χ2n) is 6.46. The zero-order valence-corrected chi connectivity index (χ0v) is 16.6. The van der Waals surface area contributed by atoms with E-state index in [0.717, 1.165) is 16.8 Å². The molecule has 30 heavy (non-hydrogen) atoms. The van der Waals surface area contributed by atoms with Gasteiger partial charge in [0.25, 0.3) is 5.91 Å². The molecule has 1 aromatic carbocycles. The smallest absolute Gasteiger partial charge is 0.287 e. The van der Waals surface area contributed by atoms with Crippen LogP contribution in [0.5, 0.6) is 0 Å². The van der Waals surface area contributed by atoms with E-state index in [-0.39, 0.29) is 11.7 Å². The molecule has 0 aliphatic carbocycles. The first-order chi connectivity index (χ1) is 14.7. The average molecular weight is 418 g/mol. The Balaban J connectivity index is 1.50. The summed E-state index contributed by atoms with van der Waals surface area (Å²) in [4.78, 5) is 34.0. The molecule has 1 atom stereocenters. The van der Waals surface area contributed by atoms with Crippen LogP contribution in [0.1, 0.15) is 16.1 Å². The van der Waals surface area contributed by atoms with Gasteiger partial charge in [0.1, 0.15) is 6.04 Å². The molecule has 4 rings (SSSR count). The molecule has 0 aliphatic rings. The number of furan rings is 1. The molecule has 2 N–H and O–H groups in total. The van der Waals surface area contributed by atoms with Crippen molar-refractivity contribution in [2.75, 3.05) is 5.32 Å². The monoisotopic (exact) mass is 418 g/mol. The molecule has 0 bridgehead atoms. The standard InChI is InChI=1S/C22H18N4O3S/c27-20(26-22-25-18(14-30-22)16-8-4-10-23-13-16)17(12-15-6-2-1-3-7-15)24-21(28)19-9-5-11-29-19/h1-11,13-14,17H,12H2,(H,24,28)(H,25,26,27)/t17-/m0/s1. The van der Waals surface area contributed by atoms with Gasteiger partial charge < -0.3 is 15.1 Å². The van der Waals surface area contributed by atoms with Crippen molar-refractivity contribution in [3.8, 4) is 11.3 Å². The number of carbonyl (C=O) groups is 2. The van der Waals surface area contributed by atoms with Crippen LogP contribution in [-0.4, -0.2) is 27.8 Å². The summed E-state index contributed by atoms with van der Waals surface area (Å²) in [5, 5.41) is 7.85. The minimum atomic E-state index is -0.796. The van der Waals surface area contributed by atoms with Crippen molar-refractivity contribution in [2.24, 2.45) is 0 Å². The predicted molar refractivity (Wildman–Crippen MR) is 114 cm³/mol. The Kier molecular flexibility index (Phi) is 5.95. The number of pyridine rings is 1. The maximum Gasteiger partial charge on any atom is 0.287 e. The summed E-state index contributed by atoms with van der Waals surface area (Å²) >= 11 is 1.31. The fourth-order valence-electron chi connectivity index (χ4n) is 2.87. The highest BCUT2D eigenvalue weighted by molar-refractivity contribution is 7.14. The van der Waals surface area contributed by atoms with Gasteiger partial charge in [0.15, 0.2) is 10.9 Å². The molecule has 0 aliphatic heterocycles. The predicted octanol–water partition coefficient (Wildman–Crippen LogP) is 3.78. The first-order valence-electron chi connectivity index (χ1n) is 9.24. The molecule has 0 radical (unpaired) electrons. The number of nitrogens with zero attached hydrogens (tertiary/aromatic N) is 2. The van der Waals surface area contributed by atoms with Gasteiger partial charge in [0.05, 0.1) is 12.0 Å². The van der Waals surface area contributed by atoms with E-state index in [1.54, 1.807) is 24.5 Å². The van der Waals surface area contributed by atoms with E-state index >= 15 is 0 Å². The molecule has 2 amide bonds. The summed E-state index contributed by atoms with van der Waals surface area (Å²) in [7, 11) is 0. The van der Waals surface area contributed by atoms with Crippen LogP contribution in [0.2, 0.25) is 0 Å². The molecule has 7 nitrogen and oxygen atoms in total. The molecule has 0 fully saturated rings. The lowest BCUT2D eigenvalue weighted by Crippen LogP contribution is -2.45. The van der Waals surface area contributed by atoms with Crippen LogP contribution >= 0.6 is 11.3 Å². The Morgan fingerprint density at radius 2 is 1.93 bits per heavy atom. The first kappa shape index (κ1) is 19.5. The van der Waals surface area contributed by atoms with Gasteiger partial charge in [-0.05, 0) is 29.8 Å². The van der Waals surface area contributed by atoms with E-state index in [4.69, 9.17) is 4.42 Å². The number of hydrogen-bond acceptors (Lipinski definition) is 6. The van der Waals surface area contributed by atoms with Crippen molar-refractivity contribution < 1.29 is 14.0 Å². The van der Waals surface area contributed by atoms with Crippen LogP contribution in [0.15, 0.2) is 83.1 Å². The molecule has 0 saturated carbocycles. The molecule has 4 aromatic rings. The Hall–Kier alpha value is -3.78. The highest BCUT2D eigenvalue weighted by atomic mass is 32.1. The molecule has 3 aromatic heterocycles. The van der Waals surface area contributed by atoms with E-state index in [0.29, 0.717) is 11.6 Å². The van der Waals surface area contributed by atoms with Gasteiger partial charge in [-0.25, -0.2) is 4.98 Å². The van der Waals surface area contributed by atoms with Crippen LogP contribution in [0.25, 0.3) is 11.3 Å². The molecule has 0 saturated heterocycles. The highest BCUT2D eigenvalue weighted by Gasteiger charge is 2.24. The maximum absolute atomic E-state index is 13.0. The van der Waals surface area contributed by atoms with Crippen molar-refractivity contribution in [2.45, 2.75) is 12.5 Å². The number of amides is 2. The third kappa shape index (κ3) is 4.79. The summed E-state index contributed by atoms with van der Waals surface area (Å²) in [6, 6.07) is 15.6. The van der Waals surface area contributed by atoms with Gasteiger partial charge in [-0.15, -0.1) is 11.3 Å². The SMILES string of the molecule is O=C(N[C@@H](Cc1ccccc1)C(=O)Nc1nc(-c2cccnc2)cs1)c1ccco1. The average Bonchev–Trinajstić information content (AvgIpc) is 3.47. The normalized spacial score (nSPS) is 11.6. The number of rotatable bonds is 7. The van der Waals surface area contributed by atoms with Gasteiger partial charge in [0.2, 0.25) is 5.91 Å². The van der Waals surface area contributed by atoms with E-state index in [1.807, 2.05) is 47.8 Å². The number of anilines is 1. The number of benzene rings is 1.